The summed E-state index contributed by atoms with van der Waals surface area (Å²) in [7, 11) is 0. The largest absolute Gasteiger partial charge is 0.476 e. The third kappa shape index (κ3) is 2.49. The van der Waals surface area contributed by atoms with Crippen LogP contribution in [0.3, 0.4) is 0 Å². The topological polar surface area (TPSA) is 75.4 Å². The molecular weight excluding hydrogens is 270 g/mol. The van der Waals surface area contributed by atoms with Crippen molar-refractivity contribution in [2.75, 3.05) is 6.54 Å². The number of amides is 1. The van der Waals surface area contributed by atoms with Crippen molar-refractivity contribution >= 4 is 22.8 Å². The number of carbonyl (C=O) groups excluding carboxylic acids is 1. The summed E-state index contributed by atoms with van der Waals surface area (Å²) in [6.45, 7) is 2.71. The molecule has 0 aliphatic heterocycles. The van der Waals surface area contributed by atoms with Gasteiger partial charge < -0.3 is 10.0 Å². The standard InChI is InChI=1S/C15H17N3O3/c1-2-17(10-7-8-10)13(19)9-18-12-6-4-3-5-11(12)14(16-18)15(20)21/h3-6,10H,2,7-9H2,1H3,(H,20,21). The van der Waals surface area contributed by atoms with Crippen LogP contribution in [-0.4, -0.2) is 44.3 Å². The highest BCUT2D eigenvalue weighted by molar-refractivity contribution is 6.01. The van der Waals surface area contributed by atoms with Crippen molar-refractivity contribution in [3.05, 3.63) is 30.0 Å². The van der Waals surface area contributed by atoms with Crippen LogP contribution in [-0.2, 0) is 11.3 Å². The highest BCUT2D eigenvalue weighted by Gasteiger charge is 2.31. The van der Waals surface area contributed by atoms with Gasteiger partial charge in [0.2, 0.25) is 5.91 Å². The quantitative estimate of drug-likeness (QED) is 0.909. The SMILES string of the molecule is CCN(C(=O)Cn1nc(C(=O)O)c2ccccc21)C1CC1. The number of hydrogen-bond acceptors (Lipinski definition) is 3. The summed E-state index contributed by atoms with van der Waals surface area (Å²) in [6, 6.07) is 7.43. The lowest BCUT2D eigenvalue weighted by Crippen LogP contribution is -2.35. The Labute approximate surface area is 122 Å². The maximum atomic E-state index is 12.4. The minimum absolute atomic E-state index is 0.00660. The van der Waals surface area contributed by atoms with E-state index in [9.17, 15) is 14.7 Å². The Morgan fingerprint density at radius 2 is 2.10 bits per heavy atom. The molecule has 0 unspecified atom stereocenters. The molecule has 6 nitrogen and oxygen atoms in total. The van der Waals surface area contributed by atoms with Crippen LogP contribution < -0.4 is 0 Å². The van der Waals surface area contributed by atoms with Gasteiger partial charge in [-0.1, -0.05) is 18.2 Å². The zero-order valence-electron chi connectivity index (χ0n) is 11.8. The van der Waals surface area contributed by atoms with Gasteiger partial charge in [-0.05, 0) is 25.8 Å². The lowest BCUT2D eigenvalue weighted by atomic mass is 10.2. The van der Waals surface area contributed by atoms with Gasteiger partial charge in [0.15, 0.2) is 5.69 Å². The average molecular weight is 287 g/mol. The molecule has 0 bridgehead atoms. The van der Waals surface area contributed by atoms with Crippen LogP contribution in [0, 0.1) is 0 Å². The van der Waals surface area contributed by atoms with Crippen molar-refractivity contribution in [3.8, 4) is 0 Å². The van der Waals surface area contributed by atoms with E-state index in [1.807, 2.05) is 17.9 Å². The fourth-order valence-corrected chi connectivity index (χ4v) is 2.65. The molecule has 1 aliphatic rings. The van der Waals surface area contributed by atoms with E-state index in [1.165, 1.54) is 4.68 Å². The number of hydrogen-bond donors (Lipinski definition) is 1. The van der Waals surface area contributed by atoms with E-state index in [1.54, 1.807) is 18.2 Å². The molecule has 2 aromatic rings. The minimum Gasteiger partial charge on any atom is -0.476 e. The maximum Gasteiger partial charge on any atom is 0.357 e. The molecule has 1 heterocycles. The highest BCUT2D eigenvalue weighted by atomic mass is 16.4. The third-order valence-electron chi connectivity index (χ3n) is 3.79. The number of nitrogens with zero attached hydrogens (tertiary/aromatic N) is 3. The summed E-state index contributed by atoms with van der Waals surface area (Å²) >= 11 is 0. The number of aromatic nitrogens is 2. The number of carbonyl (C=O) groups is 2. The Balaban J connectivity index is 1.93. The predicted octanol–water partition coefficient (Wildman–Crippen LogP) is 1.75. The smallest absolute Gasteiger partial charge is 0.357 e. The number of aromatic carboxylic acids is 1. The Hall–Kier alpha value is -2.37. The molecule has 0 radical (unpaired) electrons. The Kier molecular flexibility index (Phi) is 3.37. The summed E-state index contributed by atoms with van der Waals surface area (Å²) in [4.78, 5) is 25.5. The molecule has 1 fully saturated rings. The average Bonchev–Trinajstić information content (AvgIpc) is 3.22. The molecule has 21 heavy (non-hydrogen) atoms. The second-order valence-electron chi connectivity index (χ2n) is 5.24. The molecule has 6 heteroatoms. The fraction of sp³-hybridized carbons (Fsp3) is 0.400. The van der Waals surface area contributed by atoms with Crippen LogP contribution in [0.25, 0.3) is 10.9 Å². The van der Waals surface area contributed by atoms with Crippen LogP contribution in [0.5, 0.6) is 0 Å². The number of carboxylic acid groups (broad SMARTS) is 1. The number of carboxylic acids is 1. The summed E-state index contributed by atoms with van der Waals surface area (Å²) in [5.41, 5.74) is 0.669. The van der Waals surface area contributed by atoms with E-state index in [-0.39, 0.29) is 18.1 Å². The number of para-hydroxylation sites is 1. The third-order valence-corrected chi connectivity index (χ3v) is 3.79. The van der Waals surface area contributed by atoms with Crippen molar-refractivity contribution in [2.45, 2.75) is 32.4 Å². The normalized spacial score (nSPS) is 14.3. The molecule has 1 saturated carbocycles. The minimum atomic E-state index is -1.08. The fourth-order valence-electron chi connectivity index (χ4n) is 2.65. The first-order valence-corrected chi connectivity index (χ1v) is 7.10. The first-order chi connectivity index (χ1) is 10.1. The van der Waals surface area contributed by atoms with Crippen molar-refractivity contribution in [1.29, 1.82) is 0 Å². The maximum absolute atomic E-state index is 12.4. The highest BCUT2D eigenvalue weighted by Crippen LogP contribution is 2.27. The number of rotatable bonds is 5. The number of fused-ring (bicyclic) bond motifs is 1. The molecule has 1 aliphatic carbocycles. The number of benzene rings is 1. The van der Waals surface area contributed by atoms with Crippen LogP contribution >= 0.6 is 0 Å². The lowest BCUT2D eigenvalue weighted by Gasteiger charge is -2.20. The first-order valence-electron chi connectivity index (χ1n) is 7.10. The van der Waals surface area contributed by atoms with Gasteiger partial charge in [-0.2, -0.15) is 5.10 Å². The molecule has 1 N–H and O–H groups in total. The Morgan fingerprint density at radius 3 is 2.71 bits per heavy atom. The van der Waals surface area contributed by atoms with E-state index in [2.05, 4.69) is 5.10 Å². The van der Waals surface area contributed by atoms with Crippen LogP contribution in [0.1, 0.15) is 30.3 Å². The number of likely N-dealkylation sites (N-methyl/N-ethyl adjacent to an activating group) is 1. The van der Waals surface area contributed by atoms with Crippen molar-refractivity contribution in [2.24, 2.45) is 0 Å². The van der Waals surface area contributed by atoms with E-state index in [0.717, 1.165) is 12.8 Å². The van der Waals surface area contributed by atoms with Gasteiger partial charge in [-0.25, -0.2) is 4.79 Å². The van der Waals surface area contributed by atoms with Gasteiger partial charge in [0, 0.05) is 18.0 Å². The molecule has 1 aromatic heterocycles. The zero-order valence-corrected chi connectivity index (χ0v) is 11.8. The van der Waals surface area contributed by atoms with Crippen LogP contribution in [0.4, 0.5) is 0 Å². The van der Waals surface area contributed by atoms with E-state index < -0.39 is 5.97 Å². The Morgan fingerprint density at radius 1 is 1.38 bits per heavy atom. The second-order valence-corrected chi connectivity index (χ2v) is 5.24. The molecular formula is C15H17N3O3. The van der Waals surface area contributed by atoms with Gasteiger partial charge in [0.05, 0.1) is 5.52 Å². The van der Waals surface area contributed by atoms with E-state index >= 15 is 0 Å². The summed E-state index contributed by atoms with van der Waals surface area (Å²) in [6.07, 6.45) is 2.11. The molecule has 0 spiro atoms. The first kappa shape index (κ1) is 13.6. The molecule has 0 saturated heterocycles. The van der Waals surface area contributed by atoms with Gasteiger partial charge in [-0.3, -0.25) is 9.48 Å². The molecule has 1 amide bonds. The molecule has 0 atom stereocenters. The van der Waals surface area contributed by atoms with Gasteiger partial charge in [-0.15, -0.1) is 0 Å². The molecule has 110 valence electrons. The second kappa shape index (κ2) is 5.20. The summed E-state index contributed by atoms with van der Waals surface area (Å²) in [5, 5.41) is 13.9. The monoisotopic (exact) mass is 287 g/mol. The zero-order chi connectivity index (χ0) is 15.0. The Bertz CT molecular complexity index is 703. The lowest BCUT2D eigenvalue weighted by molar-refractivity contribution is -0.132. The summed E-state index contributed by atoms with van der Waals surface area (Å²) in [5.74, 6) is -1.09. The predicted molar refractivity (Wildman–Crippen MR) is 77.1 cm³/mol. The van der Waals surface area contributed by atoms with Crippen molar-refractivity contribution < 1.29 is 14.7 Å². The van der Waals surface area contributed by atoms with Gasteiger partial charge >= 0.3 is 5.97 Å². The van der Waals surface area contributed by atoms with Crippen LogP contribution in [0.2, 0.25) is 0 Å². The van der Waals surface area contributed by atoms with Gasteiger partial charge in [0.1, 0.15) is 6.54 Å². The van der Waals surface area contributed by atoms with Crippen LogP contribution in [0.15, 0.2) is 24.3 Å². The molecule has 3 rings (SSSR count). The van der Waals surface area contributed by atoms with Gasteiger partial charge in [0.25, 0.3) is 0 Å². The van der Waals surface area contributed by atoms with E-state index in [4.69, 9.17) is 0 Å². The van der Waals surface area contributed by atoms with E-state index in [0.29, 0.717) is 23.5 Å². The molecule has 1 aromatic carbocycles. The summed E-state index contributed by atoms with van der Waals surface area (Å²) < 4.78 is 1.49. The van der Waals surface area contributed by atoms with Crippen molar-refractivity contribution in [1.82, 2.24) is 14.7 Å². The van der Waals surface area contributed by atoms with Crippen molar-refractivity contribution in [3.63, 3.8) is 0 Å².